The molecule has 0 saturated heterocycles. The van der Waals surface area contributed by atoms with Crippen molar-refractivity contribution in [2.45, 2.75) is 11.7 Å². The molecule has 0 bridgehead atoms. The van der Waals surface area contributed by atoms with Crippen molar-refractivity contribution in [3.05, 3.63) is 54.1 Å². The van der Waals surface area contributed by atoms with Gasteiger partial charge in [0.2, 0.25) is 0 Å². The number of rotatable bonds is 1. The highest BCUT2D eigenvalue weighted by Crippen LogP contribution is 2.35. The summed E-state index contributed by atoms with van der Waals surface area (Å²) in [5.41, 5.74) is -1.24. The highest BCUT2D eigenvalue weighted by Gasteiger charge is 2.36. The molecular formula is C12H12O3. The zero-order valence-corrected chi connectivity index (χ0v) is 8.04. The number of benzene rings is 1. The fourth-order valence-electron chi connectivity index (χ4n) is 1.68. The van der Waals surface area contributed by atoms with E-state index in [1.165, 1.54) is 18.2 Å². The Kier molecular flexibility index (Phi) is 2.34. The maximum Gasteiger partial charge on any atom is 0.141 e. The van der Waals surface area contributed by atoms with Crippen molar-refractivity contribution >= 4 is 0 Å². The number of para-hydroxylation sites is 1. The predicted molar refractivity (Wildman–Crippen MR) is 56.3 cm³/mol. The third-order valence-electron chi connectivity index (χ3n) is 2.54. The van der Waals surface area contributed by atoms with Crippen molar-refractivity contribution in [1.29, 1.82) is 0 Å². The minimum Gasteiger partial charge on any atom is -0.508 e. The largest absolute Gasteiger partial charge is 0.508 e. The normalized spacial score (nSPS) is 29.3. The minimum atomic E-state index is -1.54. The van der Waals surface area contributed by atoms with E-state index in [0.717, 1.165) is 0 Å². The van der Waals surface area contributed by atoms with Crippen LogP contribution in [0.25, 0.3) is 0 Å². The summed E-state index contributed by atoms with van der Waals surface area (Å²) in [6, 6.07) is 6.43. The van der Waals surface area contributed by atoms with E-state index in [4.69, 9.17) is 0 Å². The molecule has 3 heteroatoms. The number of phenols is 1. The first-order valence-electron chi connectivity index (χ1n) is 4.69. The summed E-state index contributed by atoms with van der Waals surface area (Å²) in [6.45, 7) is 0. The van der Waals surface area contributed by atoms with Crippen LogP contribution in [0.5, 0.6) is 5.75 Å². The predicted octanol–water partition coefficient (Wildman–Crippen LogP) is 1.07. The fourth-order valence-corrected chi connectivity index (χ4v) is 1.68. The molecule has 1 aromatic rings. The van der Waals surface area contributed by atoms with Crippen molar-refractivity contribution in [1.82, 2.24) is 0 Å². The van der Waals surface area contributed by atoms with E-state index in [9.17, 15) is 15.3 Å². The van der Waals surface area contributed by atoms with Crippen LogP contribution in [-0.2, 0) is 5.60 Å². The number of allylic oxidation sites excluding steroid dienone is 2. The number of aliphatic hydroxyl groups is 2. The Balaban J connectivity index is 2.50. The van der Waals surface area contributed by atoms with Crippen LogP contribution in [0.15, 0.2) is 48.6 Å². The van der Waals surface area contributed by atoms with Gasteiger partial charge < -0.3 is 15.3 Å². The third-order valence-corrected chi connectivity index (χ3v) is 2.54. The van der Waals surface area contributed by atoms with E-state index >= 15 is 0 Å². The Morgan fingerprint density at radius 2 is 1.87 bits per heavy atom. The number of aliphatic hydroxyl groups excluding tert-OH is 1. The van der Waals surface area contributed by atoms with E-state index in [1.807, 2.05) is 0 Å². The maximum atomic E-state index is 10.2. The van der Waals surface area contributed by atoms with Gasteiger partial charge in [-0.25, -0.2) is 0 Å². The average Bonchev–Trinajstić information content (AvgIpc) is 2.23. The van der Waals surface area contributed by atoms with Gasteiger partial charge in [0.05, 0.1) is 0 Å². The monoisotopic (exact) mass is 204 g/mol. The molecular weight excluding hydrogens is 192 g/mol. The number of phenolic OH excluding ortho intramolecular Hbond substituents is 1. The fraction of sp³-hybridized carbons (Fsp3) is 0.167. The first-order chi connectivity index (χ1) is 7.14. The van der Waals surface area contributed by atoms with Crippen LogP contribution < -0.4 is 0 Å². The summed E-state index contributed by atoms with van der Waals surface area (Å²) >= 11 is 0. The summed E-state index contributed by atoms with van der Waals surface area (Å²) in [6.07, 6.45) is 5.19. The van der Waals surface area contributed by atoms with Gasteiger partial charge in [0.15, 0.2) is 0 Å². The average molecular weight is 204 g/mol. The third kappa shape index (κ3) is 1.56. The molecule has 1 aromatic carbocycles. The van der Waals surface area contributed by atoms with Crippen LogP contribution in [0.3, 0.4) is 0 Å². The van der Waals surface area contributed by atoms with Gasteiger partial charge >= 0.3 is 0 Å². The molecule has 0 aliphatic heterocycles. The summed E-state index contributed by atoms with van der Waals surface area (Å²) in [5, 5.41) is 29.6. The molecule has 2 atom stereocenters. The molecule has 3 nitrogen and oxygen atoms in total. The Morgan fingerprint density at radius 1 is 1.13 bits per heavy atom. The highest BCUT2D eigenvalue weighted by atomic mass is 16.3. The molecule has 2 unspecified atom stereocenters. The van der Waals surface area contributed by atoms with Crippen LogP contribution in [0.4, 0.5) is 0 Å². The van der Waals surface area contributed by atoms with Crippen LogP contribution in [-0.4, -0.2) is 21.4 Å². The summed E-state index contributed by atoms with van der Waals surface area (Å²) in [7, 11) is 0. The van der Waals surface area contributed by atoms with Crippen LogP contribution in [0.1, 0.15) is 5.56 Å². The SMILES string of the molecule is Oc1ccccc1C1(O)C=CC=CC1O. The Hall–Kier alpha value is -1.58. The van der Waals surface area contributed by atoms with Gasteiger partial charge in [-0.1, -0.05) is 36.4 Å². The van der Waals surface area contributed by atoms with Crippen molar-refractivity contribution in [2.75, 3.05) is 0 Å². The summed E-state index contributed by atoms with van der Waals surface area (Å²) < 4.78 is 0. The van der Waals surface area contributed by atoms with Gasteiger partial charge in [0.25, 0.3) is 0 Å². The van der Waals surface area contributed by atoms with E-state index in [1.54, 1.807) is 30.4 Å². The molecule has 78 valence electrons. The lowest BCUT2D eigenvalue weighted by Crippen LogP contribution is -2.37. The molecule has 3 N–H and O–H groups in total. The van der Waals surface area contributed by atoms with Crippen LogP contribution >= 0.6 is 0 Å². The van der Waals surface area contributed by atoms with E-state index in [2.05, 4.69) is 0 Å². The molecule has 0 heterocycles. The van der Waals surface area contributed by atoms with Gasteiger partial charge in [0.1, 0.15) is 17.5 Å². The topological polar surface area (TPSA) is 60.7 Å². The van der Waals surface area contributed by atoms with Crippen LogP contribution in [0.2, 0.25) is 0 Å². The zero-order chi connectivity index (χ0) is 10.9. The molecule has 0 radical (unpaired) electrons. The lowest BCUT2D eigenvalue weighted by atomic mass is 9.84. The van der Waals surface area contributed by atoms with Crippen molar-refractivity contribution in [3.63, 3.8) is 0 Å². The van der Waals surface area contributed by atoms with Crippen molar-refractivity contribution in [3.8, 4) is 5.75 Å². The maximum absolute atomic E-state index is 10.2. The molecule has 1 aliphatic carbocycles. The minimum absolute atomic E-state index is 0.0287. The van der Waals surface area contributed by atoms with E-state index < -0.39 is 11.7 Å². The second-order valence-corrected chi connectivity index (χ2v) is 3.53. The quantitative estimate of drug-likeness (QED) is 0.641. The van der Waals surface area contributed by atoms with Gasteiger partial charge in [0, 0.05) is 5.56 Å². The van der Waals surface area contributed by atoms with Gasteiger partial charge in [-0.05, 0) is 12.1 Å². The first kappa shape index (κ1) is 9.96. The highest BCUT2D eigenvalue weighted by molar-refractivity contribution is 5.43. The van der Waals surface area contributed by atoms with Gasteiger partial charge in [-0.15, -0.1) is 0 Å². The Morgan fingerprint density at radius 3 is 2.53 bits per heavy atom. The van der Waals surface area contributed by atoms with Gasteiger partial charge in [-0.3, -0.25) is 0 Å². The lowest BCUT2D eigenvalue weighted by molar-refractivity contribution is -0.0208. The molecule has 0 spiro atoms. The lowest BCUT2D eigenvalue weighted by Gasteiger charge is -2.30. The molecule has 0 amide bonds. The molecule has 15 heavy (non-hydrogen) atoms. The molecule has 0 saturated carbocycles. The van der Waals surface area contributed by atoms with Gasteiger partial charge in [-0.2, -0.15) is 0 Å². The smallest absolute Gasteiger partial charge is 0.141 e. The van der Waals surface area contributed by atoms with E-state index in [-0.39, 0.29) is 5.75 Å². The Bertz CT molecular complexity index is 423. The van der Waals surface area contributed by atoms with Crippen molar-refractivity contribution in [2.24, 2.45) is 0 Å². The number of hydrogen-bond donors (Lipinski definition) is 3. The second-order valence-electron chi connectivity index (χ2n) is 3.53. The van der Waals surface area contributed by atoms with Crippen LogP contribution in [0, 0.1) is 0 Å². The molecule has 0 fully saturated rings. The standard InChI is InChI=1S/C12H12O3/c13-10-6-2-1-5-9(10)12(15)8-4-3-7-11(12)14/h1-8,11,13-15H. The summed E-state index contributed by atoms with van der Waals surface area (Å²) in [5.74, 6) is -0.0287. The second kappa shape index (κ2) is 3.53. The first-order valence-corrected chi connectivity index (χ1v) is 4.69. The molecule has 1 aliphatic rings. The Labute approximate surface area is 87.6 Å². The summed E-state index contributed by atoms with van der Waals surface area (Å²) in [4.78, 5) is 0. The molecule has 2 rings (SSSR count). The number of aromatic hydroxyl groups is 1. The molecule has 0 aromatic heterocycles. The van der Waals surface area contributed by atoms with Crippen molar-refractivity contribution < 1.29 is 15.3 Å². The zero-order valence-electron chi connectivity index (χ0n) is 8.04. The van der Waals surface area contributed by atoms with E-state index in [0.29, 0.717) is 5.56 Å². The number of hydrogen-bond acceptors (Lipinski definition) is 3.